The predicted octanol–water partition coefficient (Wildman–Crippen LogP) is 6.74. The van der Waals surface area contributed by atoms with Crippen molar-refractivity contribution in [3.63, 3.8) is 0 Å². The maximum atomic E-state index is 12.1. The van der Waals surface area contributed by atoms with Crippen LogP contribution in [0.2, 0.25) is 5.02 Å². The van der Waals surface area contributed by atoms with Gasteiger partial charge in [0, 0.05) is 31.7 Å². The van der Waals surface area contributed by atoms with E-state index in [4.69, 9.17) is 16.0 Å². The smallest absolute Gasteiger partial charge is 0.195 e. The normalized spacial score (nSPS) is 11.4. The lowest BCUT2D eigenvalue weighted by Gasteiger charge is -2.17. The Kier molecular flexibility index (Phi) is 4.54. The van der Waals surface area contributed by atoms with E-state index < -0.39 is 0 Å². The van der Waals surface area contributed by atoms with Crippen LogP contribution in [0.4, 0.5) is 0 Å². The molecule has 0 atom stereocenters. The van der Waals surface area contributed by atoms with Crippen molar-refractivity contribution in [3.05, 3.63) is 76.5 Å². The predicted molar refractivity (Wildman–Crippen MR) is 120 cm³/mol. The Morgan fingerprint density at radius 3 is 2.60 bits per heavy atom. The molecule has 25 heavy (non-hydrogen) atoms. The molecule has 0 saturated carbocycles. The van der Waals surface area contributed by atoms with Crippen molar-refractivity contribution in [1.82, 2.24) is 0 Å². The van der Waals surface area contributed by atoms with Gasteiger partial charge in [-0.1, -0.05) is 29.8 Å². The lowest BCUT2D eigenvalue weighted by atomic mass is 9.93. The van der Waals surface area contributed by atoms with Crippen LogP contribution in [0.1, 0.15) is 5.56 Å². The van der Waals surface area contributed by atoms with Crippen LogP contribution < -0.4 is 5.43 Å². The number of fused-ring (bicyclic) bond motifs is 2. The summed E-state index contributed by atoms with van der Waals surface area (Å²) in [6, 6.07) is 15.5. The number of hydrogen-bond donors (Lipinski definition) is 0. The molecule has 0 N–H and O–H groups in total. The first-order valence-electron chi connectivity index (χ1n) is 7.57. The molecule has 0 amide bonds. The molecule has 0 aromatic heterocycles. The van der Waals surface area contributed by atoms with Crippen LogP contribution >= 0.6 is 56.8 Å². The van der Waals surface area contributed by atoms with Gasteiger partial charge < -0.3 is 4.42 Å². The number of hydrogen-bond acceptors (Lipinski definition) is 2. The van der Waals surface area contributed by atoms with Crippen LogP contribution in [0, 0.1) is 14.1 Å². The molecule has 2 aromatic rings. The molecule has 2 aromatic carbocycles. The van der Waals surface area contributed by atoms with E-state index in [-0.39, 0.29) is 5.43 Å². The second-order valence-electron chi connectivity index (χ2n) is 5.83. The van der Waals surface area contributed by atoms with Gasteiger partial charge in [0.2, 0.25) is 0 Å². The molecule has 4 rings (SSSR count). The molecule has 2 nitrogen and oxygen atoms in total. The SMILES string of the molecule is Cc1cccc(-c2c3cc(I)c(=O)cc-3oc3ccc(I)cc23)c1Cl. The lowest BCUT2D eigenvalue weighted by Crippen LogP contribution is -2.05. The second kappa shape index (κ2) is 6.55. The van der Waals surface area contributed by atoms with Crippen LogP contribution in [-0.2, 0) is 0 Å². The molecule has 0 saturated heterocycles. The lowest BCUT2D eigenvalue weighted by molar-refractivity contribution is 0.619. The van der Waals surface area contributed by atoms with Crippen LogP contribution in [0.3, 0.4) is 0 Å². The molecule has 1 aliphatic heterocycles. The van der Waals surface area contributed by atoms with Gasteiger partial charge in [-0.15, -0.1) is 0 Å². The Hall–Kier alpha value is -1.12. The van der Waals surface area contributed by atoms with E-state index in [0.29, 0.717) is 9.33 Å². The Morgan fingerprint density at radius 1 is 1.00 bits per heavy atom. The standard InChI is InChI=1S/C20H11ClI2O2/c1-10-3-2-4-12(20(10)21)19-13-7-11(22)5-6-17(13)25-18-9-16(24)15(23)8-14(18)19/h2-9H,1H3. The van der Waals surface area contributed by atoms with Crippen LogP contribution in [0.5, 0.6) is 0 Å². The second-order valence-corrected chi connectivity index (χ2v) is 8.62. The highest BCUT2D eigenvalue weighted by Gasteiger charge is 2.20. The average Bonchev–Trinajstić information content (AvgIpc) is 2.57. The highest BCUT2D eigenvalue weighted by Crippen LogP contribution is 2.43. The number of benzene rings is 3. The van der Waals surface area contributed by atoms with Crippen LogP contribution in [-0.4, -0.2) is 0 Å². The van der Waals surface area contributed by atoms with Crippen molar-refractivity contribution in [2.24, 2.45) is 0 Å². The van der Waals surface area contributed by atoms with Gasteiger partial charge in [0.05, 0.1) is 8.59 Å². The fraction of sp³-hybridized carbons (Fsp3) is 0.0500. The molecule has 124 valence electrons. The molecule has 0 spiro atoms. The zero-order valence-corrected chi connectivity index (χ0v) is 18.1. The monoisotopic (exact) mass is 572 g/mol. The average molecular weight is 573 g/mol. The van der Waals surface area contributed by atoms with Gasteiger partial charge in [-0.25, -0.2) is 0 Å². The zero-order chi connectivity index (χ0) is 17.7. The molecule has 0 bridgehead atoms. The summed E-state index contributed by atoms with van der Waals surface area (Å²) in [6.07, 6.45) is 0. The largest absolute Gasteiger partial charge is 0.456 e. The van der Waals surface area contributed by atoms with Crippen molar-refractivity contribution in [3.8, 4) is 22.5 Å². The summed E-state index contributed by atoms with van der Waals surface area (Å²) in [7, 11) is 0. The van der Waals surface area contributed by atoms with Crippen LogP contribution in [0.25, 0.3) is 33.4 Å². The van der Waals surface area contributed by atoms with Gasteiger partial charge in [0.1, 0.15) is 11.3 Å². The molecule has 0 radical (unpaired) electrons. The first-order chi connectivity index (χ1) is 12.0. The van der Waals surface area contributed by atoms with Gasteiger partial charge in [-0.05, 0) is 81.9 Å². The molecule has 5 heteroatoms. The number of halogens is 3. The molecule has 2 aliphatic rings. The van der Waals surface area contributed by atoms with Crippen molar-refractivity contribution in [2.45, 2.75) is 6.92 Å². The number of aryl methyl sites for hydroxylation is 1. The Balaban J connectivity index is 2.26. The maximum Gasteiger partial charge on any atom is 0.195 e. The highest BCUT2D eigenvalue weighted by atomic mass is 127. The third-order valence-electron chi connectivity index (χ3n) is 4.20. The van der Waals surface area contributed by atoms with Crippen molar-refractivity contribution in [2.75, 3.05) is 0 Å². The zero-order valence-electron chi connectivity index (χ0n) is 13.1. The van der Waals surface area contributed by atoms with E-state index in [9.17, 15) is 4.79 Å². The first kappa shape index (κ1) is 17.3. The molecule has 0 unspecified atom stereocenters. The molecular weight excluding hydrogens is 561 g/mol. The first-order valence-corrected chi connectivity index (χ1v) is 10.1. The van der Waals surface area contributed by atoms with Gasteiger partial charge in [-0.3, -0.25) is 4.79 Å². The Bertz CT molecular complexity index is 1160. The number of rotatable bonds is 1. The van der Waals surface area contributed by atoms with Gasteiger partial charge in [0.15, 0.2) is 5.43 Å². The quantitative estimate of drug-likeness (QED) is 0.187. The summed E-state index contributed by atoms with van der Waals surface area (Å²) >= 11 is 11.0. The summed E-state index contributed by atoms with van der Waals surface area (Å²) < 4.78 is 7.79. The highest BCUT2D eigenvalue weighted by molar-refractivity contribution is 14.1. The van der Waals surface area contributed by atoms with E-state index in [2.05, 4.69) is 51.2 Å². The summed E-state index contributed by atoms with van der Waals surface area (Å²) in [6.45, 7) is 1.99. The summed E-state index contributed by atoms with van der Waals surface area (Å²) in [5.41, 5.74) is 4.56. The van der Waals surface area contributed by atoms with Gasteiger partial charge >= 0.3 is 0 Å². The fourth-order valence-corrected chi connectivity index (χ4v) is 4.17. The molecule has 0 fully saturated rings. The minimum atomic E-state index is -0.0389. The van der Waals surface area contributed by atoms with Crippen molar-refractivity contribution in [1.29, 1.82) is 0 Å². The minimum Gasteiger partial charge on any atom is -0.456 e. The van der Waals surface area contributed by atoms with Gasteiger partial charge in [-0.2, -0.15) is 0 Å². The van der Waals surface area contributed by atoms with E-state index in [1.165, 1.54) is 0 Å². The Morgan fingerprint density at radius 2 is 1.80 bits per heavy atom. The minimum absolute atomic E-state index is 0.0389. The van der Waals surface area contributed by atoms with E-state index in [1.807, 2.05) is 43.3 Å². The van der Waals surface area contributed by atoms with Gasteiger partial charge in [0.25, 0.3) is 0 Å². The fourth-order valence-electron chi connectivity index (χ4n) is 3.00. The van der Waals surface area contributed by atoms with Crippen molar-refractivity contribution < 1.29 is 4.42 Å². The van der Waals surface area contributed by atoms with E-state index in [0.717, 1.165) is 41.8 Å². The molecular formula is C20H11ClI2O2. The summed E-state index contributed by atoms with van der Waals surface area (Å²) in [5.74, 6) is 0.576. The van der Waals surface area contributed by atoms with E-state index >= 15 is 0 Å². The topological polar surface area (TPSA) is 30.2 Å². The van der Waals surface area contributed by atoms with E-state index in [1.54, 1.807) is 6.07 Å². The summed E-state index contributed by atoms with van der Waals surface area (Å²) in [5, 5.41) is 1.71. The molecule has 1 aliphatic carbocycles. The summed E-state index contributed by atoms with van der Waals surface area (Å²) in [4.78, 5) is 12.1. The third-order valence-corrected chi connectivity index (χ3v) is 6.21. The third kappa shape index (κ3) is 2.98. The van der Waals surface area contributed by atoms with Crippen molar-refractivity contribution >= 4 is 67.8 Å². The molecule has 1 heterocycles. The maximum absolute atomic E-state index is 12.1. The Labute approximate surface area is 176 Å². The van der Waals surface area contributed by atoms with Crippen LogP contribution in [0.15, 0.2) is 57.7 Å².